The molecule has 2 fully saturated rings. The van der Waals surface area contributed by atoms with Crippen molar-refractivity contribution in [1.82, 2.24) is 14.9 Å². The first-order valence-electron chi connectivity index (χ1n) is 5.73. The van der Waals surface area contributed by atoms with E-state index in [-0.39, 0.29) is 11.9 Å². The zero-order chi connectivity index (χ0) is 11.7. The summed E-state index contributed by atoms with van der Waals surface area (Å²) in [7, 11) is 0. The monoisotopic (exact) mass is 234 g/mol. The van der Waals surface area contributed by atoms with Crippen molar-refractivity contribution < 1.29 is 9.53 Å². The molecular weight excluding hydrogens is 220 g/mol. The van der Waals surface area contributed by atoms with Gasteiger partial charge in [-0.05, 0) is 0 Å². The summed E-state index contributed by atoms with van der Waals surface area (Å²) >= 11 is 0. The molecule has 1 amide bonds. The highest BCUT2D eigenvalue weighted by Gasteiger charge is 2.34. The van der Waals surface area contributed by atoms with Crippen molar-refractivity contribution >= 4 is 11.7 Å². The van der Waals surface area contributed by atoms with E-state index in [2.05, 4.69) is 9.97 Å². The number of amides is 1. The Morgan fingerprint density at radius 1 is 1.41 bits per heavy atom. The van der Waals surface area contributed by atoms with Gasteiger partial charge in [-0.15, -0.1) is 0 Å². The standard InChI is InChI=1S/C11H14N4O2/c16-11-7-14(10-5-12-1-2-13-10)6-9-8-17-4-3-15(9)11/h1-2,5,9H,3-4,6-8H2. The summed E-state index contributed by atoms with van der Waals surface area (Å²) < 4.78 is 5.41. The van der Waals surface area contributed by atoms with Gasteiger partial charge in [0.1, 0.15) is 5.82 Å². The summed E-state index contributed by atoms with van der Waals surface area (Å²) in [5.74, 6) is 0.904. The molecule has 17 heavy (non-hydrogen) atoms. The molecule has 3 heterocycles. The number of carbonyl (C=O) groups is 1. The van der Waals surface area contributed by atoms with Gasteiger partial charge in [0.25, 0.3) is 0 Å². The Bertz CT molecular complexity index is 411. The van der Waals surface area contributed by atoms with Crippen molar-refractivity contribution in [3.05, 3.63) is 18.6 Å². The molecule has 0 bridgehead atoms. The molecule has 3 rings (SSSR count). The fourth-order valence-electron chi connectivity index (χ4n) is 2.34. The summed E-state index contributed by atoms with van der Waals surface area (Å²) in [6.07, 6.45) is 4.96. The molecule has 6 heteroatoms. The van der Waals surface area contributed by atoms with Gasteiger partial charge in [-0.1, -0.05) is 0 Å². The molecule has 2 saturated heterocycles. The molecule has 6 nitrogen and oxygen atoms in total. The number of ether oxygens (including phenoxy) is 1. The lowest BCUT2D eigenvalue weighted by Gasteiger charge is -2.43. The molecule has 0 radical (unpaired) electrons. The summed E-state index contributed by atoms with van der Waals surface area (Å²) in [5, 5.41) is 0. The molecule has 1 aromatic rings. The third-order valence-electron chi connectivity index (χ3n) is 3.18. The molecule has 1 aromatic heterocycles. The SMILES string of the molecule is O=C1CN(c2cnccn2)CC2COCCN12. The van der Waals surface area contributed by atoms with Crippen LogP contribution in [0, 0.1) is 0 Å². The first-order valence-corrected chi connectivity index (χ1v) is 5.73. The first kappa shape index (κ1) is 10.5. The zero-order valence-electron chi connectivity index (χ0n) is 9.45. The molecule has 1 unspecified atom stereocenters. The van der Waals surface area contributed by atoms with Crippen LogP contribution in [-0.2, 0) is 9.53 Å². The van der Waals surface area contributed by atoms with Crippen molar-refractivity contribution in [1.29, 1.82) is 0 Å². The summed E-state index contributed by atoms with van der Waals surface area (Å²) in [6.45, 7) is 3.12. The zero-order valence-corrected chi connectivity index (χ0v) is 9.45. The molecular formula is C11H14N4O2. The number of nitrogens with zero attached hydrogens (tertiary/aromatic N) is 4. The van der Waals surface area contributed by atoms with Crippen LogP contribution in [0.4, 0.5) is 5.82 Å². The highest BCUT2D eigenvalue weighted by atomic mass is 16.5. The largest absolute Gasteiger partial charge is 0.377 e. The normalized spacial score (nSPS) is 24.7. The number of hydrogen-bond donors (Lipinski definition) is 0. The lowest BCUT2D eigenvalue weighted by Crippen LogP contribution is -2.61. The van der Waals surface area contributed by atoms with Gasteiger partial charge in [-0.2, -0.15) is 0 Å². The molecule has 2 aliphatic rings. The van der Waals surface area contributed by atoms with Gasteiger partial charge in [-0.3, -0.25) is 9.78 Å². The highest BCUT2D eigenvalue weighted by Crippen LogP contribution is 2.18. The number of morpholine rings is 1. The average molecular weight is 234 g/mol. The highest BCUT2D eigenvalue weighted by molar-refractivity contribution is 5.83. The minimum Gasteiger partial charge on any atom is -0.377 e. The number of rotatable bonds is 1. The van der Waals surface area contributed by atoms with Crippen LogP contribution in [0.5, 0.6) is 0 Å². The van der Waals surface area contributed by atoms with Crippen LogP contribution in [0.15, 0.2) is 18.6 Å². The fourth-order valence-corrected chi connectivity index (χ4v) is 2.34. The lowest BCUT2D eigenvalue weighted by molar-refractivity contribution is -0.140. The van der Waals surface area contributed by atoms with Gasteiger partial charge >= 0.3 is 0 Å². The van der Waals surface area contributed by atoms with Crippen LogP contribution in [0.2, 0.25) is 0 Å². The molecule has 2 aliphatic heterocycles. The van der Waals surface area contributed by atoms with Crippen molar-refractivity contribution in [2.45, 2.75) is 6.04 Å². The minimum absolute atomic E-state index is 0.145. The Hall–Kier alpha value is -1.69. The van der Waals surface area contributed by atoms with E-state index < -0.39 is 0 Å². The average Bonchev–Trinajstić information content (AvgIpc) is 2.40. The number of carbonyl (C=O) groups excluding carboxylic acids is 1. The van der Waals surface area contributed by atoms with E-state index in [0.29, 0.717) is 26.3 Å². The predicted molar refractivity (Wildman–Crippen MR) is 60.6 cm³/mol. The van der Waals surface area contributed by atoms with Crippen molar-refractivity contribution in [3.63, 3.8) is 0 Å². The van der Waals surface area contributed by atoms with Gasteiger partial charge in [0.05, 0.1) is 32.0 Å². The second kappa shape index (κ2) is 4.29. The summed E-state index contributed by atoms with van der Waals surface area (Å²) in [4.78, 5) is 24.1. The molecule has 0 aromatic carbocycles. The van der Waals surface area contributed by atoms with E-state index in [1.165, 1.54) is 0 Å². The fraction of sp³-hybridized carbons (Fsp3) is 0.545. The lowest BCUT2D eigenvalue weighted by atomic mass is 10.1. The van der Waals surface area contributed by atoms with Crippen molar-refractivity contribution in [2.75, 3.05) is 37.7 Å². The molecule has 1 atom stereocenters. The second-order valence-corrected chi connectivity index (χ2v) is 4.26. The number of anilines is 1. The second-order valence-electron chi connectivity index (χ2n) is 4.26. The third-order valence-corrected chi connectivity index (χ3v) is 3.18. The number of hydrogen-bond acceptors (Lipinski definition) is 5. The number of piperazine rings is 1. The van der Waals surface area contributed by atoms with Crippen LogP contribution >= 0.6 is 0 Å². The quantitative estimate of drug-likeness (QED) is 0.657. The third kappa shape index (κ3) is 1.95. The molecule has 0 saturated carbocycles. The first-order chi connectivity index (χ1) is 8.34. The van der Waals surface area contributed by atoms with E-state index in [4.69, 9.17) is 4.74 Å². The van der Waals surface area contributed by atoms with E-state index in [9.17, 15) is 4.79 Å². The summed E-state index contributed by atoms with van der Waals surface area (Å²) in [6, 6.07) is 0.145. The maximum atomic E-state index is 12.0. The van der Waals surface area contributed by atoms with Crippen LogP contribution in [0.25, 0.3) is 0 Å². The van der Waals surface area contributed by atoms with E-state index in [0.717, 1.165) is 12.4 Å². The van der Waals surface area contributed by atoms with Crippen LogP contribution in [0.1, 0.15) is 0 Å². The molecule has 0 aliphatic carbocycles. The molecule has 90 valence electrons. The molecule has 0 spiro atoms. The van der Waals surface area contributed by atoms with E-state index in [1.54, 1.807) is 18.6 Å². The maximum Gasteiger partial charge on any atom is 0.242 e. The van der Waals surface area contributed by atoms with Crippen molar-refractivity contribution in [2.24, 2.45) is 0 Å². The van der Waals surface area contributed by atoms with Gasteiger partial charge in [-0.25, -0.2) is 4.98 Å². The van der Waals surface area contributed by atoms with Gasteiger partial charge in [0, 0.05) is 25.5 Å². The predicted octanol–water partition coefficient (Wildman–Crippen LogP) is -0.476. The van der Waals surface area contributed by atoms with Gasteiger partial charge in [0.2, 0.25) is 5.91 Å². The van der Waals surface area contributed by atoms with E-state index >= 15 is 0 Å². The Labute approximate surface area is 99.2 Å². The number of aromatic nitrogens is 2. The Balaban J connectivity index is 1.79. The Kier molecular flexibility index (Phi) is 2.64. The summed E-state index contributed by atoms with van der Waals surface area (Å²) in [5.41, 5.74) is 0. The van der Waals surface area contributed by atoms with Crippen LogP contribution in [-0.4, -0.2) is 59.7 Å². The Morgan fingerprint density at radius 2 is 2.35 bits per heavy atom. The smallest absolute Gasteiger partial charge is 0.242 e. The number of fused-ring (bicyclic) bond motifs is 1. The minimum atomic E-state index is 0.145. The van der Waals surface area contributed by atoms with Gasteiger partial charge in [0.15, 0.2) is 0 Å². The Morgan fingerprint density at radius 3 is 3.18 bits per heavy atom. The topological polar surface area (TPSA) is 58.6 Å². The van der Waals surface area contributed by atoms with E-state index in [1.807, 2.05) is 9.80 Å². The van der Waals surface area contributed by atoms with Gasteiger partial charge < -0.3 is 14.5 Å². The van der Waals surface area contributed by atoms with Crippen molar-refractivity contribution in [3.8, 4) is 0 Å². The molecule has 0 N–H and O–H groups in total. The van der Waals surface area contributed by atoms with Crippen LogP contribution < -0.4 is 4.90 Å². The maximum absolute atomic E-state index is 12.0. The van der Waals surface area contributed by atoms with Crippen LogP contribution in [0.3, 0.4) is 0 Å².